The Morgan fingerprint density at radius 2 is 2.18 bits per heavy atom. The number of carbonyl (C=O) groups is 1. The van der Waals surface area contributed by atoms with E-state index in [9.17, 15) is 9.59 Å². The van der Waals surface area contributed by atoms with Crippen molar-refractivity contribution < 1.29 is 14.1 Å². The summed E-state index contributed by atoms with van der Waals surface area (Å²) in [4.78, 5) is 23.3. The molecule has 0 amide bonds. The minimum atomic E-state index is -0.822. The van der Waals surface area contributed by atoms with Crippen LogP contribution in [0.25, 0.3) is 11.0 Å². The van der Waals surface area contributed by atoms with Crippen LogP contribution in [0.5, 0.6) is 0 Å². The van der Waals surface area contributed by atoms with Gasteiger partial charge < -0.3 is 9.26 Å². The van der Waals surface area contributed by atoms with Gasteiger partial charge in [-0.1, -0.05) is 20.7 Å². The Kier molecular flexibility index (Phi) is 3.39. The van der Waals surface area contributed by atoms with Crippen molar-refractivity contribution in [3.8, 4) is 0 Å². The normalized spacial score (nSPS) is 10.8. The van der Waals surface area contributed by atoms with Gasteiger partial charge in [0.1, 0.15) is 0 Å². The number of ether oxygens (including phenoxy) is 1. The summed E-state index contributed by atoms with van der Waals surface area (Å²) in [6.07, 6.45) is -0.822. The van der Waals surface area contributed by atoms with Gasteiger partial charge in [-0.15, -0.1) is 0 Å². The lowest BCUT2D eigenvalue weighted by Crippen LogP contribution is -2.23. The second-order valence-corrected chi connectivity index (χ2v) is 4.92. The number of benzene rings is 1. The van der Waals surface area contributed by atoms with E-state index in [0.29, 0.717) is 24.7 Å². The first-order valence-corrected chi connectivity index (χ1v) is 6.31. The van der Waals surface area contributed by atoms with Crippen molar-refractivity contribution in [2.45, 2.75) is 6.92 Å². The molecule has 0 bridgehead atoms. The standard InChI is InChI=1S/C10H7Br2NO4/c1-2-16-10(15)13-9(14)6-3-5(11)4-7(12)8(6)17-13/h3-4H,2H2,1H3. The molecule has 90 valence electrons. The Morgan fingerprint density at radius 3 is 2.82 bits per heavy atom. The predicted octanol–water partition coefficient (Wildman–Crippen LogP) is 3.12. The Balaban J connectivity index is 2.69. The monoisotopic (exact) mass is 363 g/mol. The Labute approximate surface area is 113 Å². The number of fused-ring (bicyclic) bond motifs is 1. The SMILES string of the molecule is CCOC(=O)n1oc2c(Br)cc(Br)cc2c1=O. The summed E-state index contributed by atoms with van der Waals surface area (Å²) in [7, 11) is 0. The van der Waals surface area contributed by atoms with Crippen molar-refractivity contribution in [3.63, 3.8) is 0 Å². The van der Waals surface area contributed by atoms with E-state index in [1.165, 1.54) is 0 Å². The summed E-state index contributed by atoms with van der Waals surface area (Å²) < 4.78 is 11.8. The van der Waals surface area contributed by atoms with Gasteiger partial charge in [-0.05, 0) is 35.0 Å². The topological polar surface area (TPSA) is 61.4 Å². The molecule has 1 heterocycles. The molecule has 0 aliphatic heterocycles. The first-order valence-electron chi connectivity index (χ1n) is 4.72. The summed E-state index contributed by atoms with van der Waals surface area (Å²) in [5, 5.41) is 0.305. The molecule has 0 spiro atoms. The van der Waals surface area contributed by atoms with Crippen LogP contribution in [-0.2, 0) is 4.74 Å². The zero-order chi connectivity index (χ0) is 12.6. The molecule has 0 saturated heterocycles. The van der Waals surface area contributed by atoms with Gasteiger partial charge in [0.2, 0.25) is 0 Å². The van der Waals surface area contributed by atoms with E-state index in [2.05, 4.69) is 31.9 Å². The highest BCUT2D eigenvalue weighted by atomic mass is 79.9. The average molecular weight is 365 g/mol. The largest absolute Gasteiger partial charge is 0.451 e. The molecule has 0 aliphatic carbocycles. The number of carbonyl (C=O) groups excluding carboxylic acids is 1. The molecule has 0 unspecified atom stereocenters. The summed E-state index contributed by atoms with van der Waals surface area (Å²) in [6.45, 7) is 1.82. The molecule has 0 fully saturated rings. The third-order valence-electron chi connectivity index (χ3n) is 2.04. The van der Waals surface area contributed by atoms with Crippen LogP contribution in [0, 0.1) is 0 Å². The van der Waals surface area contributed by atoms with Gasteiger partial charge in [-0.3, -0.25) is 4.79 Å². The molecular formula is C10H7Br2NO4. The Bertz CT molecular complexity index is 644. The summed E-state index contributed by atoms with van der Waals surface area (Å²) >= 11 is 6.51. The van der Waals surface area contributed by atoms with Crippen LogP contribution in [-0.4, -0.2) is 17.4 Å². The zero-order valence-electron chi connectivity index (χ0n) is 8.70. The molecule has 1 aromatic heterocycles. The minimum Gasteiger partial charge on any atom is -0.447 e. The third-order valence-corrected chi connectivity index (χ3v) is 3.09. The highest BCUT2D eigenvalue weighted by Crippen LogP contribution is 2.26. The first-order chi connectivity index (χ1) is 8.04. The van der Waals surface area contributed by atoms with Gasteiger partial charge in [0.05, 0.1) is 16.5 Å². The maximum Gasteiger partial charge on any atom is 0.451 e. The van der Waals surface area contributed by atoms with E-state index in [4.69, 9.17) is 9.26 Å². The molecule has 0 N–H and O–H groups in total. The molecule has 17 heavy (non-hydrogen) atoms. The van der Waals surface area contributed by atoms with Crippen molar-refractivity contribution >= 4 is 48.9 Å². The third kappa shape index (κ3) is 2.16. The van der Waals surface area contributed by atoms with E-state index in [-0.39, 0.29) is 6.61 Å². The molecule has 0 aliphatic rings. The maximum absolute atomic E-state index is 11.9. The number of aromatic nitrogens is 1. The molecule has 2 rings (SSSR count). The van der Waals surface area contributed by atoms with E-state index in [0.717, 1.165) is 0 Å². The van der Waals surface area contributed by atoms with Gasteiger partial charge in [0.15, 0.2) is 5.58 Å². The van der Waals surface area contributed by atoms with E-state index >= 15 is 0 Å². The number of hydrogen-bond acceptors (Lipinski definition) is 4. The summed E-state index contributed by atoms with van der Waals surface area (Å²) in [5.41, 5.74) is -0.230. The molecule has 1 aromatic carbocycles. The second kappa shape index (κ2) is 4.66. The number of nitrogens with zero attached hydrogens (tertiary/aromatic N) is 1. The molecule has 5 nitrogen and oxygen atoms in total. The van der Waals surface area contributed by atoms with Crippen LogP contribution in [0.3, 0.4) is 0 Å². The van der Waals surface area contributed by atoms with Crippen LogP contribution in [0.4, 0.5) is 4.79 Å². The molecule has 2 aromatic rings. The molecule has 0 radical (unpaired) electrons. The van der Waals surface area contributed by atoms with Gasteiger partial charge in [0.25, 0.3) is 0 Å². The Hall–Kier alpha value is -1.08. The van der Waals surface area contributed by atoms with E-state index < -0.39 is 11.7 Å². The number of hydrogen-bond donors (Lipinski definition) is 0. The summed E-state index contributed by atoms with van der Waals surface area (Å²) in [6, 6.07) is 3.31. The quantitative estimate of drug-likeness (QED) is 0.779. The fourth-order valence-electron chi connectivity index (χ4n) is 1.36. The average Bonchev–Trinajstić information content (AvgIpc) is 2.57. The van der Waals surface area contributed by atoms with Crippen LogP contribution in [0.2, 0.25) is 0 Å². The lowest BCUT2D eigenvalue weighted by molar-refractivity contribution is 0.127. The molecule has 7 heteroatoms. The van der Waals surface area contributed by atoms with Crippen molar-refractivity contribution in [2.24, 2.45) is 0 Å². The predicted molar refractivity (Wildman–Crippen MR) is 68.3 cm³/mol. The zero-order valence-corrected chi connectivity index (χ0v) is 11.9. The van der Waals surface area contributed by atoms with Gasteiger partial charge >= 0.3 is 11.7 Å². The van der Waals surface area contributed by atoms with Crippen molar-refractivity contribution in [3.05, 3.63) is 31.4 Å². The maximum atomic E-state index is 11.9. The van der Waals surface area contributed by atoms with E-state index in [1.807, 2.05) is 0 Å². The van der Waals surface area contributed by atoms with Gasteiger partial charge in [-0.2, -0.15) is 0 Å². The smallest absolute Gasteiger partial charge is 0.447 e. The summed E-state index contributed by atoms with van der Waals surface area (Å²) in [5.74, 6) is 0. The lowest BCUT2D eigenvalue weighted by atomic mass is 10.3. The van der Waals surface area contributed by atoms with Crippen LogP contribution >= 0.6 is 31.9 Å². The lowest BCUT2D eigenvalue weighted by Gasteiger charge is -1.97. The second-order valence-electron chi connectivity index (χ2n) is 3.15. The van der Waals surface area contributed by atoms with Crippen LogP contribution in [0.1, 0.15) is 6.92 Å². The van der Waals surface area contributed by atoms with Crippen LogP contribution < -0.4 is 5.56 Å². The number of halogens is 2. The fourth-order valence-corrected chi connectivity index (χ4v) is 2.65. The van der Waals surface area contributed by atoms with Crippen molar-refractivity contribution in [1.29, 1.82) is 0 Å². The molecule has 0 saturated carbocycles. The minimum absolute atomic E-state index is 0.174. The number of rotatable bonds is 1. The highest BCUT2D eigenvalue weighted by Gasteiger charge is 2.18. The van der Waals surface area contributed by atoms with Crippen LogP contribution in [0.15, 0.2) is 30.4 Å². The van der Waals surface area contributed by atoms with Crippen molar-refractivity contribution in [1.82, 2.24) is 4.74 Å². The molecular weight excluding hydrogens is 358 g/mol. The van der Waals surface area contributed by atoms with Gasteiger partial charge in [-0.25, -0.2) is 4.79 Å². The van der Waals surface area contributed by atoms with E-state index in [1.54, 1.807) is 19.1 Å². The molecule has 0 atom stereocenters. The fraction of sp³-hybridized carbons (Fsp3) is 0.200. The van der Waals surface area contributed by atoms with Crippen molar-refractivity contribution in [2.75, 3.05) is 6.61 Å². The van der Waals surface area contributed by atoms with Gasteiger partial charge in [0, 0.05) is 4.47 Å². The first kappa shape index (κ1) is 12.4. The highest BCUT2D eigenvalue weighted by molar-refractivity contribution is 9.11. The Morgan fingerprint density at radius 1 is 1.47 bits per heavy atom.